The maximum absolute atomic E-state index is 12.0. The zero-order valence-corrected chi connectivity index (χ0v) is 18.0. The number of nitrogens with zero attached hydrogens (tertiary/aromatic N) is 1. The molecule has 0 bridgehead atoms. The molecular formula is C23H25BrN2O2. The van der Waals surface area contributed by atoms with Gasteiger partial charge in [-0.1, -0.05) is 58.4 Å². The Morgan fingerprint density at radius 1 is 1.04 bits per heavy atom. The van der Waals surface area contributed by atoms with E-state index in [1.165, 1.54) is 5.56 Å². The molecule has 2 aromatic carbocycles. The average Bonchev–Trinajstić information content (AvgIpc) is 3.03. The summed E-state index contributed by atoms with van der Waals surface area (Å²) < 4.78 is 8.59. The summed E-state index contributed by atoms with van der Waals surface area (Å²) in [6, 6.07) is 20.7. The Hall–Kier alpha value is -2.53. The van der Waals surface area contributed by atoms with Crippen LogP contribution in [0.4, 0.5) is 4.79 Å². The SMILES string of the molecule is CC(C)(C)OC(=O)NCc1cc(-c2ccc(Br)cc2)n(Cc2ccccc2)c1. The quantitative estimate of drug-likeness (QED) is 0.529. The number of carbonyl (C=O) groups excluding carboxylic acids is 1. The fraction of sp³-hybridized carbons (Fsp3) is 0.261. The first-order chi connectivity index (χ1) is 13.3. The zero-order valence-electron chi connectivity index (χ0n) is 16.4. The second-order valence-corrected chi connectivity index (χ2v) is 8.63. The molecule has 5 heteroatoms. The van der Waals surface area contributed by atoms with E-state index in [2.05, 4.69) is 62.3 Å². The van der Waals surface area contributed by atoms with Crippen LogP contribution in [0.25, 0.3) is 11.3 Å². The van der Waals surface area contributed by atoms with Crippen LogP contribution in [0.5, 0.6) is 0 Å². The van der Waals surface area contributed by atoms with Crippen LogP contribution in [-0.2, 0) is 17.8 Å². The molecule has 1 heterocycles. The number of ether oxygens (including phenoxy) is 1. The standard InChI is InChI=1S/C23H25BrN2O2/c1-23(2,3)28-22(27)25-14-18-13-21(19-9-11-20(24)12-10-19)26(16-18)15-17-7-5-4-6-8-17/h4-13,16H,14-15H2,1-3H3,(H,25,27). The maximum Gasteiger partial charge on any atom is 0.407 e. The van der Waals surface area contributed by atoms with Crippen LogP contribution >= 0.6 is 15.9 Å². The lowest BCUT2D eigenvalue weighted by atomic mass is 10.1. The first-order valence-electron chi connectivity index (χ1n) is 9.26. The molecule has 1 aromatic heterocycles. The third kappa shape index (κ3) is 5.73. The summed E-state index contributed by atoms with van der Waals surface area (Å²) in [6.07, 6.45) is 1.68. The topological polar surface area (TPSA) is 43.3 Å². The number of halogens is 1. The molecule has 0 aliphatic heterocycles. The highest BCUT2D eigenvalue weighted by molar-refractivity contribution is 9.10. The number of benzene rings is 2. The summed E-state index contributed by atoms with van der Waals surface area (Å²) in [4.78, 5) is 12.0. The number of aromatic nitrogens is 1. The molecule has 0 fully saturated rings. The van der Waals surface area contributed by atoms with Gasteiger partial charge in [0.05, 0.1) is 0 Å². The predicted octanol–water partition coefficient (Wildman–Crippen LogP) is 5.99. The van der Waals surface area contributed by atoms with E-state index in [0.29, 0.717) is 6.54 Å². The van der Waals surface area contributed by atoms with Crippen molar-refractivity contribution in [3.8, 4) is 11.3 Å². The fourth-order valence-electron chi connectivity index (χ4n) is 2.93. The molecule has 0 saturated heterocycles. The Kier molecular flexibility index (Phi) is 6.25. The van der Waals surface area contributed by atoms with Gasteiger partial charge in [0.1, 0.15) is 5.60 Å². The highest BCUT2D eigenvalue weighted by atomic mass is 79.9. The number of hydrogen-bond acceptors (Lipinski definition) is 2. The minimum atomic E-state index is -0.508. The molecule has 0 aliphatic rings. The highest BCUT2D eigenvalue weighted by Gasteiger charge is 2.16. The Morgan fingerprint density at radius 2 is 1.71 bits per heavy atom. The number of rotatable bonds is 5. The lowest BCUT2D eigenvalue weighted by Gasteiger charge is -2.19. The first kappa shape index (κ1) is 20.2. The summed E-state index contributed by atoms with van der Waals surface area (Å²) >= 11 is 3.49. The van der Waals surface area contributed by atoms with Gasteiger partial charge >= 0.3 is 6.09 Å². The van der Waals surface area contributed by atoms with Crippen molar-refractivity contribution in [3.05, 3.63) is 82.5 Å². The molecule has 3 rings (SSSR count). The number of hydrogen-bond donors (Lipinski definition) is 1. The van der Waals surface area contributed by atoms with Crippen LogP contribution in [0.3, 0.4) is 0 Å². The normalized spacial score (nSPS) is 11.3. The van der Waals surface area contributed by atoms with Crippen LogP contribution in [0, 0.1) is 0 Å². The van der Waals surface area contributed by atoms with Crippen molar-refractivity contribution in [3.63, 3.8) is 0 Å². The molecule has 0 aliphatic carbocycles. The van der Waals surface area contributed by atoms with E-state index in [4.69, 9.17) is 4.74 Å². The Morgan fingerprint density at radius 3 is 2.36 bits per heavy atom. The first-order valence-corrected chi connectivity index (χ1v) is 10.1. The summed E-state index contributed by atoms with van der Waals surface area (Å²) in [7, 11) is 0. The van der Waals surface area contributed by atoms with Crippen LogP contribution in [0.1, 0.15) is 31.9 Å². The van der Waals surface area contributed by atoms with Gasteiger partial charge in [-0.3, -0.25) is 0 Å². The smallest absolute Gasteiger partial charge is 0.407 e. The van der Waals surface area contributed by atoms with Crippen LogP contribution in [0.15, 0.2) is 71.3 Å². The molecule has 1 amide bonds. The van der Waals surface area contributed by atoms with Crippen molar-refractivity contribution in [2.75, 3.05) is 0 Å². The number of amides is 1. The predicted molar refractivity (Wildman–Crippen MR) is 116 cm³/mol. The monoisotopic (exact) mass is 440 g/mol. The summed E-state index contributed by atoms with van der Waals surface area (Å²) in [5.41, 5.74) is 3.98. The molecule has 0 unspecified atom stereocenters. The Balaban J connectivity index is 1.82. The van der Waals surface area contributed by atoms with Gasteiger partial charge in [-0.15, -0.1) is 0 Å². The molecule has 0 saturated carbocycles. The molecule has 0 atom stereocenters. The lowest BCUT2D eigenvalue weighted by Crippen LogP contribution is -2.32. The summed E-state index contributed by atoms with van der Waals surface area (Å²) in [5, 5.41) is 2.84. The van der Waals surface area contributed by atoms with Crippen molar-refractivity contribution >= 4 is 22.0 Å². The molecule has 146 valence electrons. The average molecular weight is 441 g/mol. The van der Waals surface area contributed by atoms with E-state index in [9.17, 15) is 4.79 Å². The molecule has 28 heavy (non-hydrogen) atoms. The van der Waals surface area contributed by atoms with E-state index < -0.39 is 11.7 Å². The minimum absolute atomic E-state index is 0.409. The van der Waals surface area contributed by atoms with Crippen molar-refractivity contribution in [2.24, 2.45) is 0 Å². The van der Waals surface area contributed by atoms with Crippen LogP contribution in [0.2, 0.25) is 0 Å². The largest absolute Gasteiger partial charge is 0.444 e. The van der Waals surface area contributed by atoms with Gasteiger partial charge in [0.15, 0.2) is 0 Å². The molecular weight excluding hydrogens is 416 g/mol. The van der Waals surface area contributed by atoms with Crippen LogP contribution in [-0.4, -0.2) is 16.3 Å². The number of nitrogens with one attached hydrogen (secondary N) is 1. The van der Waals surface area contributed by atoms with Gasteiger partial charge in [0.25, 0.3) is 0 Å². The van der Waals surface area contributed by atoms with Crippen molar-refractivity contribution in [2.45, 2.75) is 39.5 Å². The second kappa shape index (κ2) is 8.65. The maximum atomic E-state index is 12.0. The van der Waals surface area contributed by atoms with Gasteiger partial charge in [0, 0.05) is 29.5 Å². The van der Waals surface area contributed by atoms with E-state index in [-0.39, 0.29) is 0 Å². The van der Waals surface area contributed by atoms with E-state index in [0.717, 1.165) is 27.8 Å². The Bertz CT molecular complexity index is 925. The van der Waals surface area contributed by atoms with Crippen molar-refractivity contribution < 1.29 is 9.53 Å². The van der Waals surface area contributed by atoms with E-state index in [1.807, 2.05) is 51.1 Å². The molecule has 0 spiro atoms. The van der Waals surface area contributed by atoms with Gasteiger partial charge in [-0.25, -0.2) is 4.79 Å². The zero-order chi connectivity index (χ0) is 20.1. The lowest BCUT2D eigenvalue weighted by molar-refractivity contribution is 0.0523. The number of carbonyl (C=O) groups is 1. The highest BCUT2D eigenvalue weighted by Crippen LogP contribution is 2.25. The van der Waals surface area contributed by atoms with Crippen LogP contribution < -0.4 is 5.32 Å². The summed E-state index contributed by atoms with van der Waals surface area (Å²) in [5.74, 6) is 0. The van der Waals surface area contributed by atoms with E-state index in [1.54, 1.807) is 0 Å². The molecule has 3 aromatic rings. The number of alkyl carbamates (subject to hydrolysis) is 1. The van der Waals surface area contributed by atoms with Gasteiger partial charge in [-0.05, 0) is 55.7 Å². The van der Waals surface area contributed by atoms with Gasteiger partial charge < -0.3 is 14.6 Å². The van der Waals surface area contributed by atoms with Crippen molar-refractivity contribution in [1.29, 1.82) is 0 Å². The third-order valence-electron chi connectivity index (χ3n) is 4.12. The van der Waals surface area contributed by atoms with Crippen molar-refractivity contribution in [1.82, 2.24) is 9.88 Å². The molecule has 4 nitrogen and oxygen atoms in total. The minimum Gasteiger partial charge on any atom is -0.444 e. The third-order valence-corrected chi connectivity index (χ3v) is 4.65. The Labute approximate surface area is 174 Å². The van der Waals surface area contributed by atoms with Gasteiger partial charge in [-0.2, -0.15) is 0 Å². The second-order valence-electron chi connectivity index (χ2n) is 7.71. The van der Waals surface area contributed by atoms with Gasteiger partial charge in [0.2, 0.25) is 0 Å². The fourth-order valence-corrected chi connectivity index (χ4v) is 3.20. The van der Waals surface area contributed by atoms with E-state index >= 15 is 0 Å². The summed E-state index contributed by atoms with van der Waals surface area (Å²) in [6.45, 7) is 6.75. The molecule has 0 radical (unpaired) electrons. The molecule has 1 N–H and O–H groups in total.